The van der Waals surface area contributed by atoms with Crippen LogP contribution in [-0.2, 0) is 10.5 Å². The van der Waals surface area contributed by atoms with Gasteiger partial charge >= 0.3 is 0 Å². The summed E-state index contributed by atoms with van der Waals surface area (Å²) in [5.41, 5.74) is 0.794. The van der Waals surface area contributed by atoms with Gasteiger partial charge in [-0.25, -0.2) is 0 Å². The zero-order chi connectivity index (χ0) is 16.1. The van der Waals surface area contributed by atoms with E-state index in [0.717, 1.165) is 10.6 Å². The molecule has 1 unspecified atom stereocenters. The van der Waals surface area contributed by atoms with Crippen LogP contribution < -0.4 is 5.32 Å². The molecule has 118 valence electrons. The average molecular weight is 345 g/mol. The lowest BCUT2D eigenvalue weighted by Crippen LogP contribution is -2.22. The Morgan fingerprint density at radius 3 is 2.87 bits per heavy atom. The van der Waals surface area contributed by atoms with E-state index < -0.39 is 0 Å². The third-order valence-electron chi connectivity index (χ3n) is 3.08. The van der Waals surface area contributed by atoms with Gasteiger partial charge in [0.05, 0.1) is 15.9 Å². The van der Waals surface area contributed by atoms with Gasteiger partial charge in [0.25, 0.3) is 0 Å². The average Bonchev–Trinajstić information content (AvgIpc) is 3.24. The van der Waals surface area contributed by atoms with E-state index in [4.69, 9.17) is 4.52 Å². The first-order chi connectivity index (χ1) is 11.2. The van der Waals surface area contributed by atoms with Gasteiger partial charge in [0.2, 0.25) is 17.6 Å². The highest BCUT2D eigenvalue weighted by molar-refractivity contribution is 7.99. The number of aromatic nitrogens is 2. The zero-order valence-electron chi connectivity index (χ0n) is 12.4. The summed E-state index contributed by atoms with van der Waals surface area (Å²) in [5, 5.41) is 8.59. The molecule has 1 atom stereocenters. The lowest BCUT2D eigenvalue weighted by molar-refractivity contribution is -0.115. The molecular formula is C16H15N3O2S2. The SMILES string of the molecule is CC(SCc1nc(-c2cccs2)no1)C(=O)Nc1ccccc1. The van der Waals surface area contributed by atoms with Crippen molar-refractivity contribution in [2.75, 3.05) is 5.32 Å². The monoisotopic (exact) mass is 345 g/mol. The molecule has 2 aromatic heterocycles. The maximum Gasteiger partial charge on any atom is 0.237 e. The molecule has 3 aromatic rings. The molecule has 0 radical (unpaired) electrons. The summed E-state index contributed by atoms with van der Waals surface area (Å²) in [6.07, 6.45) is 0. The smallest absolute Gasteiger partial charge is 0.237 e. The second kappa shape index (κ2) is 7.43. The van der Waals surface area contributed by atoms with Gasteiger partial charge in [-0.05, 0) is 30.5 Å². The van der Waals surface area contributed by atoms with Crippen molar-refractivity contribution in [1.29, 1.82) is 0 Å². The topological polar surface area (TPSA) is 68.0 Å². The van der Waals surface area contributed by atoms with Gasteiger partial charge in [0.1, 0.15) is 0 Å². The number of nitrogens with zero attached hydrogens (tertiary/aromatic N) is 2. The van der Waals surface area contributed by atoms with E-state index in [1.807, 2.05) is 54.8 Å². The van der Waals surface area contributed by atoms with Crippen LogP contribution in [-0.4, -0.2) is 21.3 Å². The van der Waals surface area contributed by atoms with Crippen LogP contribution in [0.3, 0.4) is 0 Å². The molecule has 0 bridgehead atoms. The molecule has 1 aromatic carbocycles. The van der Waals surface area contributed by atoms with Gasteiger partial charge < -0.3 is 9.84 Å². The van der Waals surface area contributed by atoms with E-state index in [0.29, 0.717) is 17.5 Å². The van der Waals surface area contributed by atoms with Gasteiger partial charge in [0, 0.05) is 5.69 Å². The number of anilines is 1. The van der Waals surface area contributed by atoms with Crippen molar-refractivity contribution in [3.05, 3.63) is 53.7 Å². The van der Waals surface area contributed by atoms with Crippen molar-refractivity contribution in [2.24, 2.45) is 0 Å². The molecule has 0 aliphatic heterocycles. The van der Waals surface area contributed by atoms with Crippen LogP contribution in [0, 0.1) is 0 Å². The molecular weight excluding hydrogens is 330 g/mol. The molecule has 5 nitrogen and oxygen atoms in total. The van der Waals surface area contributed by atoms with Gasteiger partial charge in [-0.15, -0.1) is 23.1 Å². The van der Waals surface area contributed by atoms with Crippen LogP contribution in [0.2, 0.25) is 0 Å². The zero-order valence-corrected chi connectivity index (χ0v) is 14.1. The predicted octanol–water partition coefficient (Wildman–Crippen LogP) is 4.06. The van der Waals surface area contributed by atoms with E-state index in [-0.39, 0.29) is 11.2 Å². The highest BCUT2D eigenvalue weighted by Gasteiger charge is 2.16. The number of rotatable bonds is 6. The maximum absolute atomic E-state index is 12.1. The number of benzene rings is 1. The minimum atomic E-state index is -0.215. The number of nitrogens with one attached hydrogen (secondary N) is 1. The van der Waals surface area contributed by atoms with E-state index in [1.165, 1.54) is 11.8 Å². The van der Waals surface area contributed by atoms with Crippen molar-refractivity contribution in [1.82, 2.24) is 10.1 Å². The minimum Gasteiger partial charge on any atom is -0.338 e. The number of carbonyl (C=O) groups excluding carboxylic acids is 1. The first-order valence-corrected chi connectivity index (χ1v) is 8.99. The quantitative estimate of drug-likeness (QED) is 0.730. The Hall–Kier alpha value is -2.12. The van der Waals surface area contributed by atoms with E-state index in [1.54, 1.807) is 11.3 Å². The summed E-state index contributed by atoms with van der Waals surface area (Å²) in [4.78, 5) is 17.4. The van der Waals surface area contributed by atoms with Crippen molar-refractivity contribution in [2.45, 2.75) is 17.9 Å². The summed E-state index contributed by atoms with van der Waals surface area (Å²) in [7, 11) is 0. The highest BCUT2D eigenvalue weighted by atomic mass is 32.2. The molecule has 0 aliphatic carbocycles. The lowest BCUT2D eigenvalue weighted by Gasteiger charge is -2.10. The summed E-state index contributed by atoms with van der Waals surface area (Å²) >= 11 is 3.03. The molecule has 1 amide bonds. The van der Waals surface area contributed by atoms with Gasteiger partial charge in [-0.2, -0.15) is 4.98 Å². The molecule has 2 heterocycles. The Balaban J connectivity index is 1.52. The fraction of sp³-hybridized carbons (Fsp3) is 0.188. The molecule has 0 saturated heterocycles. The van der Waals surface area contributed by atoms with Gasteiger partial charge in [-0.1, -0.05) is 29.4 Å². The molecule has 0 aliphatic rings. The van der Waals surface area contributed by atoms with Crippen molar-refractivity contribution in [3.8, 4) is 10.7 Å². The van der Waals surface area contributed by atoms with Crippen LogP contribution >= 0.6 is 23.1 Å². The molecule has 23 heavy (non-hydrogen) atoms. The number of para-hydroxylation sites is 1. The molecule has 1 N–H and O–H groups in total. The summed E-state index contributed by atoms with van der Waals surface area (Å²) in [6, 6.07) is 13.3. The minimum absolute atomic E-state index is 0.0424. The Bertz CT molecular complexity index is 757. The number of hydrogen-bond acceptors (Lipinski definition) is 6. The summed E-state index contributed by atoms with van der Waals surface area (Å²) < 4.78 is 5.23. The largest absolute Gasteiger partial charge is 0.338 e. The summed E-state index contributed by atoms with van der Waals surface area (Å²) in [5.74, 6) is 1.58. The predicted molar refractivity (Wildman–Crippen MR) is 93.4 cm³/mol. The standard InChI is InChI=1S/C16H15N3O2S2/c1-11(16(20)17-12-6-3-2-4-7-12)23-10-14-18-15(19-21-14)13-8-5-9-22-13/h2-9,11H,10H2,1H3,(H,17,20). The van der Waals surface area contributed by atoms with Gasteiger partial charge in [-0.3, -0.25) is 4.79 Å². The van der Waals surface area contributed by atoms with Crippen LogP contribution in [0.25, 0.3) is 10.7 Å². The van der Waals surface area contributed by atoms with Crippen LogP contribution in [0.1, 0.15) is 12.8 Å². The first kappa shape index (κ1) is 15.8. The van der Waals surface area contributed by atoms with Crippen molar-refractivity contribution < 1.29 is 9.32 Å². The molecule has 3 rings (SSSR count). The molecule has 0 saturated carbocycles. The third kappa shape index (κ3) is 4.20. The van der Waals surface area contributed by atoms with E-state index >= 15 is 0 Å². The Kier molecular flexibility index (Phi) is 5.09. The fourth-order valence-electron chi connectivity index (χ4n) is 1.86. The lowest BCUT2D eigenvalue weighted by atomic mass is 10.3. The van der Waals surface area contributed by atoms with Crippen LogP contribution in [0.4, 0.5) is 5.69 Å². The maximum atomic E-state index is 12.1. The van der Waals surface area contributed by atoms with Crippen molar-refractivity contribution >= 4 is 34.7 Å². The third-order valence-corrected chi connectivity index (χ3v) is 5.07. The summed E-state index contributed by atoms with van der Waals surface area (Å²) in [6.45, 7) is 1.86. The van der Waals surface area contributed by atoms with Crippen LogP contribution in [0.5, 0.6) is 0 Å². The normalized spacial score (nSPS) is 12.0. The Morgan fingerprint density at radius 1 is 1.30 bits per heavy atom. The second-order valence-electron chi connectivity index (χ2n) is 4.80. The molecule has 7 heteroatoms. The number of carbonyl (C=O) groups is 1. The number of amides is 1. The second-order valence-corrected chi connectivity index (χ2v) is 7.07. The number of thiophene rings is 1. The van der Waals surface area contributed by atoms with Gasteiger partial charge in [0.15, 0.2) is 0 Å². The fourth-order valence-corrected chi connectivity index (χ4v) is 3.23. The van der Waals surface area contributed by atoms with Crippen LogP contribution in [0.15, 0.2) is 52.4 Å². The van der Waals surface area contributed by atoms with E-state index in [9.17, 15) is 4.79 Å². The van der Waals surface area contributed by atoms with Crippen molar-refractivity contribution in [3.63, 3.8) is 0 Å². The Morgan fingerprint density at radius 2 is 2.13 bits per heavy atom. The number of thioether (sulfide) groups is 1. The first-order valence-electron chi connectivity index (χ1n) is 7.06. The molecule has 0 fully saturated rings. The highest BCUT2D eigenvalue weighted by Crippen LogP contribution is 2.24. The van der Waals surface area contributed by atoms with E-state index in [2.05, 4.69) is 15.5 Å². The molecule has 0 spiro atoms. The Labute approximate surface area is 142 Å². The number of hydrogen-bond donors (Lipinski definition) is 1.